The molecule has 460 valence electrons. The third-order valence-corrected chi connectivity index (χ3v) is 15.4. The van der Waals surface area contributed by atoms with Crippen LogP contribution in [0.3, 0.4) is 0 Å². The number of carboxylic acid groups (broad SMARTS) is 1. The van der Waals surface area contributed by atoms with Crippen molar-refractivity contribution in [2.45, 2.75) is 354 Å². The Morgan fingerprint density at radius 2 is 0.718 bits per heavy atom. The third kappa shape index (κ3) is 61.4. The predicted molar refractivity (Wildman–Crippen MR) is 332 cm³/mol. The molecule has 2 unspecified atom stereocenters. The highest BCUT2D eigenvalue weighted by Crippen LogP contribution is 2.19. The van der Waals surface area contributed by atoms with Gasteiger partial charge in [0.05, 0.1) is 34.4 Å². The van der Waals surface area contributed by atoms with Crippen molar-refractivity contribution >= 4 is 17.9 Å². The second-order valence-corrected chi connectivity index (χ2v) is 24.5. The number of carbonyl (C=O) groups is 3. The van der Waals surface area contributed by atoms with Crippen molar-refractivity contribution in [1.29, 1.82) is 0 Å². The van der Waals surface area contributed by atoms with Gasteiger partial charge in [-0.15, -0.1) is 0 Å². The zero-order chi connectivity index (χ0) is 56.9. The summed E-state index contributed by atoms with van der Waals surface area (Å²) < 4.78 is 22.9. The molecular weight excluding hydrogens is 971 g/mol. The standard InChI is InChI=1S/C69H131NO8/c1-6-8-10-12-14-16-18-20-21-22-23-24-25-26-27-28-29-30-31-32-33-34-35-36-37-38-39-40-41-42-43-44-45-46-48-49-51-53-55-57-59-66(71)76-63-65(64-77-69(68(73)74)75-62-61-70(3,4)5)78-67(72)60-58-56-54-52-50-47-19-17-15-13-11-9-7-2/h11,13,17,19,65,69H,6-10,12,14-16,18,20-64H2,1-5H3/p+1/b13-11-,19-17-. The summed E-state index contributed by atoms with van der Waals surface area (Å²) >= 11 is 0. The summed E-state index contributed by atoms with van der Waals surface area (Å²) in [4.78, 5) is 37.4. The van der Waals surface area contributed by atoms with Crippen LogP contribution in [-0.4, -0.2) is 87.4 Å². The molecular formula is C69H132NO8+. The van der Waals surface area contributed by atoms with Gasteiger partial charge in [0.15, 0.2) is 6.10 Å². The molecule has 0 aliphatic carbocycles. The van der Waals surface area contributed by atoms with Crippen molar-refractivity contribution in [2.24, 2.45) is 0 Å². The molecule has 0 spiro atoms. The number of allylic oxidation sites excluding steroid dienone is 4. The van der Waals surface area contributed by atoms with Crippen LogP contribution in [0.4, 0.5) is 0 Å². The summed E-state index contributed by atoms with van der Waals surface area (Å²) in [5.41, 5.74) is 0. The molecule has 0 aliphatic heterocycles. The SMILES string of the molecule is CCC/C=C\C/C=C\CCCCCCCC(=O)OC(COC(=O)CCCCCCCCCCCCCCCCCCCCCCCCCCCCCCCCCCCCCCCCCC)COC(OCC[N+](C)(C)C)C(=O)O. The molecule has 9 heteroatoms. The van der Waals surface area contributed by atoms with E-state index in [9.17, 15) is 19.5 Å². The molecule has 0 amide bonds. The molecule has 1 N–H and O–H groups in total. The summed E-state index contributed by atoms with van der Waals surface area (Å²) in [6.45, 7) is 4.84. The molecule has 9 nitrogen and oxygen atoms in total. The zero-order valence-corrected chi connectivity index (χ0v) is 52.6. The lowest BCUT2D eigenvalue weighted by Gasteiger charge is -2.25. The molecule has 2 atom stereocenters. The first kappa shape index (κ1) is 75.8. The van der Waals surface area contributed by atoms with Gasteiger partial charge in [0, 0.05) is 12.8 Å². The first-order valence-electron chi connectivity index (χ1n) is 34.0. The van der Waals surface area contributed by atoms with Crippen molar-refractivity contribution in [1.82, 2.24) is 0 Å². The number of hydrogen-bond donors (Lipinski definition) is 1. The van der Waals surface area contributed by atoms with E-state index in [1.54, 1.807) is 0 Å². The van der Waals surface area contributed by atoms with E-state index in [0.717, 1.165) is 64.2 Å². The molecule has 0 heterocycles. The summed E-state index contributed by atoms with van der Waals surface area (Å²) in [5.74, 6) is -2.01. The van der Waals surface area contributed by atoms with Crippen LogP contribution in [0.5, 0.6) is 0 Å². The van der Waals surface area contributed by atoms with E-state index in [-0.39, 0.29) is 32.2 Å². The van der Waals surface area contributed by atoms with Crippen LogP contribution in [0.1, 0.15) is 341 Å². The molecule has 0 rings (SSSR count). The number of esters is 2. The van der Waals surface area contributed by atoms with Gasteiger partial charge in [-0.2, -0.15) is 0 Å². The lowest BCUT2D eigenvalue weighted by Crippen LogP contribution is -2.40. The topological polar surface area (TPSA) is 108 Å². The summed E-state index contributed by atoms with van der Waals surface area (Å²) in [6, 6.07) is 0. The number of hydrogen-bond acceptors (Lipinski definition) is 7. The van der Waals surface area contributed by atoms with Gasteiger partial charge in [-0.3, -0.25) is 9.59 Å². The number of quaternary nitrogens is 1. The Kier molecular flexibility index (Phi) is 59.1. The molecule has 0 aromatic carbocycles. The first-order chi connectivity index (χ1) is 38.1. The Hall–Kier alpha value is -2.23. The summed E-state index contributed by atoms with van der Waals surface area (Å²) in [6.07, 6.45) is 71.9. The van der Waals surface area contributed by atoms with E-state index in [2.05, 4.69) is 38.2 Å². The van der Waals surface area contributed by atoms with E-state index in [0.29, 0.717) is 23.9 Å². The van der Waals surface area contributed by atoms with Gasteiger partial charge in [0.1, 0.15) is 13.2 Å². The van der Waals surface area contributed by atoms with Gasteiger partial charge >= 0.3 is 17.9 Å². The van der Waals surface area contributed by atoms with Crippen molar-refractivity contribution < 1.29 is 42.9 Å². The van der Waals surface area contributed by atoms with Crippen LogP contribution in [0.25, 0.3) is 0 Å². The number of likely N-dealkylation sites (N-methyl/N-ethyl adjacent to an activating group) is 1. The van der Waals surface area contributed by atoms with Crippen molar-refractivity contribution in [2.75, 3.05) is 47.5 Å². The number of ether oxygens (including phenoxy) is 4. The highest BCUT2D eigenvalue weighted by molar-refractivity contribution is 5.71. The smallest absolute Gasteiger partial charge is 0.361 e. The van der Waals surface area contributed by atoms with Crippen LogP contribution in [0, 0.1) is 0 Å². The van der Waals surface area contributed by atoms with Crippen LogP contribution in [-0.2, 0) is 33.3 Å². The quantitative estimate of drug-likeness (QED) is 0.0211. The van der Waals surface area contributed by atoms with Crippen molar-refractivity contribution in [3.8, 4) is 0 Å². The molecule has 0 fully saturated rings. The van der Waals surface area contributed by atoms with Crippen LogP contribution < -0.4 is 0 Å². The van der Waals surface area contributed by atoms with E-state index in [1.165, 1.54) is 244 Å². The molecule has 0 saturated carbocycles. The number of rotatable bonds is 64. The minimum atomic E-state index is -1.51. The lowest BCUT2D eigenvalue weighted by molar-refractivity contribution is -0.870. The monoisotopic (exact) mass is 1100 g/mol. The number of carbonyl (C=O) groups excluding carboxylic acids is 2. The zero-order valence-electron chi connectivity index (χ0n) is 52.6. The maximum atomic E-state index is 12.8. The number of nitrogens with zero attached hydrogens (tertiary/aromatic N) is 1. The van der Waals surface area contributed by atoms with E-state index < -0.39 is 24.3 Å². The highest BCUT2D eigenvalue weighted by Gasteiger charge is 2.25. The van der Waals surface area contributed by atoms with E-state index in [1.807, 2.05) is 21.1 Å². The first-order valence-corrected chi connectivity index (χ1v) is 34.0. The molecule has 0 bridgehead atoms. The second-order valence-electron chi connectivity index (χ2n) is 24.5. The Morgan fingerprint density at radius 1 is 0.385 bits per heavy atom. The van der Waals surface area contributed by atoms with E-state index in [4.69, 9.17) is 18.9 Å². The van der Waals surface area contributed by atoms with Gasteiger partial charge in [0.25, 0.3) is 6.29 Å². The largest absolute Gasteiger partial charge is 0.477 e. The minimum absolute atomic E-state index is 0.183. The normalized spacial score (nSPS) is 12.8. The maximum absolute atomic E-state index is 12.8. The fourth-order valence-corrected chi connectivity index (χ4v) is 10.2. The number of carboxylic acids is 1. The van der Waals surface area contributed by atoms with Crippen LogP contribution in [0.2, 0.25) is 0 Å². The fraction of sp³-hybridized carbons (Fsp3) is 0.899. The van der Waals surface area contributed by atoms with Gasteiger partial charge in [-0.1, -0.05) is 314 Å². The van der Waals surface area contributed by atoms with Gasteiger partial charge in [-0.05, 0) is 38.5 Å². The number of unbranched alkanes of at least 4 members (excludes halogenated alkanes) is 45. The lowest BCUT2D eigenvalue weighted by atomic mass is 10.0. The summed E-state index contributed by atoms with van der Waals surface area (Å²) in [5, 5.41) is 9.69. The van der Waals surface area contributed by atoms with Gasteiger partial charge < -0.3 is 28.5 Å². The van der Waals surface area contributed by atoms with Crippen LogP contribution in [0.15, 0.2) is 24.3 Å². The van der Waals surface area contributed by atoms with Gasteiger partial charge in [0.2, 0.25) is 0 Å². The molecule has 0 radical (unpaired) electrons. The molecule has 0 aromatic heterocycles. The Balaban J connectivity index is 3.84. The second kappa shape index (κ2) is 60.9. The average Bonchev–Trinajstić information content (AvgIpc) is 3.41. The van der Waals surface area contributed by atoms with Gasteiger partial charge in [-0.25, -0.2) is 4.79 Å². The minimum Gasteiger partial charge on any atom is -0.477 e. The Labute approximate surface area is 484 Å². The molecule has 0 aromatic rings. The molecule has 0 aliphatic rings. The fourth-order valence-electron chi connectivity index (χ4n) is 10.2. The van der Waals surface area contributed by atoms with Crippen molar-refractivity contribution in [3.63, 3.8) is 0 Å². The highest BCUT2D eigenvalue weighted by atomic mass is 16.7. The third-order valence-electron chi connectivity index (χ3n) is 15.4. The number of aliphatic carboxylic acids is 1. The summed E-state index contributed by atoms with van der Waals surface area (Å²) in [7, 11) is 5.97. The Morgan fingerprint density at radius 3 is 1.06 bits per heavy atom. The Bertz CT molecular complexity index is 1330. The van der Waals surface area contributed by atoms with Crippen molar-refractivity contribution in [3.05, 3.63) is 24.3 Å². The molecule has 0 saturated heterocycles. The van der Waals surface area contributed by atoms with E-state index >= 15 is 0 Å². The van der Waals surface area contributed by atoms with Crippen LogP contribution >= 0.6 is 0 Å². The maximum Gasteiger partial charge on any atom is 0.361 e. The molecule has 78 heavy (non-hydrogen) atoms. The predicted octanol–water partition coefficient (Wildman–Crippen LogP) is 20.6. The average molecular weight is 1100 g/mol.